The maximum Gasteiger partial charge on any atom is 0.328 e. The van der Waals surface area contributed by atoms with Gasteiger partial charge in [-0.15, -0.1) is 0 Å². The number of primary amides is 1. The minimum atomic E-state index is -1.72. The number of rotatable bonds is 20. The van der Waals surface area contributed by atoms with Gasteiger partial charge >= 0.3 is 5.97 Å². The Morgan fingerprint density at radius 3 is 1.56 bits per heavy atom. The number of aliphatic hydroxyl groups excluding tert-OH is 3. The molecule has 20 heteroatoms. The van der Waals surface area contributed by atoms with Crippen LogP contribution in [0.15, 0.2) is 0 Å². The van der Waals surface area contributed by atoms with Crippen LogP contribution in [0.3, 0.4) is 0 Å². The topological polar surface area (TPSA) is 342 Å². The molecule has 0 spiro atoms. The Balaban J connectivity index is 5.78. The lowest BCUT2D eigenvalue weighted by atomic mass is 10.0. The van der Waals surface area contributed by atoms with E-state index in [0.717, 1.165) is 6.92 Å². The summed E-state index contributed by atoms with van der Waals surface area (Å²) in [4.78, 5) is 98.0. The van der Waals surface area contributed by atoms with E-state index < -0.39 is 122 Å². The van der Waals surface area contributed by atoms with Gasteiger partial charge in [0.1, 0.15) is 36.3 Å². The van der Waals surface area contributed by atoms with Crippen LogP contribution in [-0.4, -0.2) is 130 Å². The molecule has 0 unspecified atom stereocenters. The monoisotopic (exact) mass is 648 g/mol. The van der Waals surface area contributed by atoms with Crippen LogP contribution in [0.5, 0.6) is 0 Å². The number of nitrogens with two attached hydrogens (primary N) is 2. The second kappa shape index (κ2) is 19.8. The van der Waals surface area contributed by atoms with Crippen LogP contribution in [-0.2, 0) is 38.4 Å². The first kappa shape index (κ1) is 40.6. The van der Waals surface area contributed by atoms with Crippen molar-refractivity contribution in [2.45, 2.75) is 82.9 Å². The summed E-state index contributed by atoms with van der Waals surface area (Å²) in [5.41, 5.74) is 10.3. The van der Waals surface area contributed by atoms with Gasteiger partial charge in [-0.2, -0.15) is 0 Å². The summed E-state index contributed by atoms with van der Waals surface area (Å²) < 4.78 is 0. The Bertz CT molecular complexity index is 1090. The standard InChI is InChI=1S/C25H44N8O12/c1-10(2)18(23(42)29-13(5-6-16(27)37)21(40)31-15(9-35)25(44)45)32-24(43)19(12(4)36)33-22(41)14(8-34)30-20(39)11(3)28-17(38)7-26/h10-15,18-19,34-36H,5-9,26H2,1-4H3,(H2,27,37)(H,28,38)(H,29,42)(H,30,39)(H,31,40)(H,32,43)(H,33,41)(H,44,45)/t11-,12+,13-,14-,15-,18-,19-/m0/s1. The van der Waals surface area contributed by atoms with E-state index >= 15 is 0 Å². The molecule has 0 saturated heterocycles. The third-order valence-electron chi connectivity index (χ3n) is 6.19. The van der Waals surface area contributed by atoms with Crippen LogP contribution in [0.2, 0.25) is 0 Å². The van der Waals surface area contributed by atoms with E-state index in [-0.39, 0.29) is 6.42 Å². The van der Waals surface area contributed by atoms with Gasteiger partial charge in [0.25, 0.3) is 0 Å². The number of carbonyl (C=O) groups is 8. The predicted molar refractivity (Wildman–Crippen MR) is 153 cm³/mol. The zero-order valence-electron chi connectivity index (χ0n) is 25.4. The third kappa shape index (κ3) is 14.3. The summed E-state index contributed by atoms with van der Waals surface area (Å²) in [7, 11) is 0. The molecule has 0 rings (SSSR count). The molecule has 0 aliphatic heterocycles. The summed E-state index contributed by atoms with van der Waals surface area (Å²) in [5.74, 6) is -8.82. The maximum atomic E-state index is 13.2. The molecule has 0 saturated carbocycles. The summed E-state index contributed by atoms with van der Waals surface area (Å²) in [6.45, 7) is 3.12. The highest BCUT2D eigenvalue weighted by Gasteiger charge is 2.35. The van der Waals surface area contributed by atoms with Crippen LogP contribution in [0, 0.1) is 5.92 Å². The molecule has 0 aromatic rings. The van der Waals surface area contributed by atoms with Crippen LogP contribution in [0.4, 0.5) is 0 Å². The highest BCUT2D eigenvalue weighted by Crippen LogP contribution is 2.07. The van der Waals surface area contributed by atoms with Crippen molar-refractivity contribution in [3.05, 3.63) is 0 Å². The average Bonchev–Trinajstić information content (AvgIpc) is 2.96. The Morgan fingerprint density at radius 2 is 1.11 bits per heavy atom. The number of carboxylic acid groups (broad SMARTS) is 1. The molecule has 0 fully saturated rings. The van der Waals surface area contributed by atoms with E-state index in [0.29, 0.717) is 0 Å². The van der Waals surface area contributed by atoms with E-state index in [1.807, 2.05) is 5.32 Å². The molecule has 7 amide bonds. The van der Waals surface area contributed by atoms with E-state index in [1.165, 1.54) is 20.8 Å². The fourth-order valence-corrected chi connectivity index (χ4v) is 3.57. The van der Waals surface area contributed by atoms with Gasteiger partial charge in [-0.3, -0.25) is 33.6 Å². The van der Waals surface area contributed by atoms with E-state index in [2.05, 4.69) is 26.6 Å². The summed E-state index contributed by atoms with van der Waals surface area (Å²) in [6.07, 6.45) is -2.33. The van der Waals surface area contributed by atoms with E-state index in [1.54, 1.807) is 0 Å². The van der Waals surface area contributed by atoms with Gasteiger partial charge in [0.2, 0.25) is 41.4 Å². The summed E-state index contributed by atoms with van der Waals surface area (Å²) in [5, 5.41) is 51.4. The molecule has 256 valence electrons. The summed E-state index contributed by atoms with van der Waals surface area (Å²) in [6, 6.07) is -9.13. The van der Waals surface area contributed by atoms with Gasteiger partial charge in [0.05, 0.1) is 25.9 Å². The molecular weight excluding hydrogens is 604 g/mol. The molecule has 14 N–H and O–H groups in total. The Labute approximate surface area is 258 Å². The van der Waals surface area contributed by atoms with Crippen LogP contribution in [0.1, 0.15) is 40.5 Å². The number of hydrogen-bond donors (Lipinski definition) is 12. The lowest BCUT2D eigenvalue weighted by molar-refractivity contribution is -0.143. The molecule has 7 atom stereocenters. The van der Waals surface area contributed by atoms with Crippen molar-refractivity contribution in [2.75, 3.05) is 19.8 Å². The van der Waals surface area contributed by atoms with Gasteiger partial charge in [-0.25, -0.2) is 4.79 Å². The number of nitrogens with one attached hydrogen (secondary N) is 6. The quantitative estimate of drug-likeness (QED) is 0.0585. The highest BCUT2D eigenvalue weighted by molar-refractivity contribution is 5.97. The highest BCUT2D eigenvalue weighted by atomic mass is 16.4. The third-order valence-corrected chi connectivity index (χ3v) is 6.19. The zero-order chi connectivity index (χ0) is 35.0. The minimum absolute atomic E-state index is 0.363. The van der Waals surface area contributed by atoms with Crippen molar-refractivity contribution >= 4 is 47.3 Å². The minimum Gasteiger partial charge on any atom is -0.480 e. The number of aliphatic hydroxyl groups is 3. The summed E-state index contributed by atoms with van der Waals surface area (Å²) >= 11 is 0. The SMILES string of the molecule is CC(C)[C@H](NC(=O)[C@@H](NC(=O)[C@H](CO)NC(=O)[C@H](C)NC(=O)CN)[C@@H](C)O)C(=O)N[C@@H](CCC(N)=O)C(=O)N[C@@H](CO)C(=O)O. The van der Waals surface area contributed by atoms with Gasteiger partial charge < -0.3 is 63.8 Å². The number of carboxylic acids is 1. The van der Waals surface area contributed by atoms with E-state index in [4.69, 9.17) is 16.6 Å². The largest absolute Gasteiger partial charge is 0.480 e. The first-order valence-electron chi connectivity index (χ1n) is 13.8. The molecule has 0 radical (unpaired) electrons. The van der Waals surface area contributed by atoms with Crippen molar-refractivity contribution < 1.29 is 58.8 Å². The molecule has 0 aliphatic rings. The number of aliphatic carboxylic acids is 1. The van der Waals surface area contributed by atoms with Crippen LogP contribution < -0.4 is 43.4 Å². The van der Waals surface area contributed by atoms with Crippen molar-refractivity contribution in [3.8, 4) is 0 Å². The normalized spacial score (nSPS) is 15.6. The van der Waals surface area contributed by atoms with Gasteiger partial charge in [0.15, 0.2) is 0 Å². The first-order chi connectivity index (χ1) is 20.9. The Morgan fingerprint density at radius 1 is 0.644 bits per heavy atom. The van der Waals surface area contributed by atoms with Crippen LogP contribution >= 0.6 is 0 Å². The van der Waals surface area contributed by atoms with Gasteiger partial charge in [-0.1, -0.05) is 13.8 Å². The fraction of sp³-hybridized carbons (Fsp3) is 0.680. The molecule has 20 nitrogen and oxygen atoms in total. The van der Waals surface area contributed by atoms with Gasteiger partial charge in [-0.05, 0) is 26.2 Å². The first-order valence-corrected chi connectivity index (χ1v) is 13.8. The second-order valence-corrected chi connectivity index (χ2v) is 10.3. The smallest absolute Gasteiger partial charge is 0.328 e. The zero-order valence-corrected chi connectivity index (χ0v) is 25.4. The lowest BCUT2D eigenvalue weighted by Crippen LogP contribution is -2.62. The van der Waals surface area contributed by atoms with E-state index in [9.17, 15) is 53.7 Å². The Kier molecular flexibility index (Phi) is 17.9. The molecule has 0 aromatic carbocycles. The van der Waals surface area contributed by atoms with Crippen molar-refractivity contribution in [3.63, 3.8) is 0 Å². The number of amides is 7. The molecule has 45 heavy (non-hydrogen) atoms. The molecule has 0 bridgehead atoms. The molecule has 0 aromatic heterocycles. The molecular formula is C25H44N8O12. The second-order valence-electron chi connectivity index (χ2n) is 10.3. The number of carbonyl (C=O) groups excluding carboxylic acids is 7. The lowest BCUT2D eigenvalue weighted by Gasteiger charge is -2.29. The average molecular weight is 649 g/mol. The fourth-order valence-electron chi connectivity index (χ4n) is 3.57. The Hall–Kier alpha value is -4.40. The van der Waals surface area contributed by atoms with Crippen LogP contribution in [0.25, 0.3) is 0 Å². The molecule has 0 heterocycles. The number of hydrogen-bond acceptors (Lipinski definition) is 12. The molecule has 0 aliphatic carbocycles. The van der Waals surface area contributed by atoms with Gasteiger partial charge in [0, 0.05) is 6.42 Å². The predicted octanol–water partition coefficient (Wildman–Crippen LogP) is -6.75. The van der Waals surface area contributed by atoms with Crippen molar-refractivity contribution in [1.29, 1.82) is 0 Å². The van der Waals surface area contributed by atoms with Crippen molar-refractivity contribution in [2.24, 2.45) is 17.4 Å². The maximum absolute atomic E-state index is 13.2. The van der Waals surface area contributed by atoms with Crippen molar-refractivity contribution in [1.82, 2.24) is 31.9 Å².